The zero-order valence-corrected chi connectivity index (χ0v) is 22.5. The molecule has 0 saturated carbocycles. The molecule has 0 atom stereocenters. The molecule has 3 nitrogen and oxygen atoms in total. The van der Waals surface area contributed by atoms with E-state index in [0.29, 0.717) is 5.57 Å². The number of phenols is 1. The molecule has 3 heteroatoms. The van der Waals surface area contributed by atoms with Crippen molar-refractivity contribution < 1.29 is 14.6 Å². The SMILES string of the molecule is COC(=O)C(=C(c1ccc(C)cc1)c1ccc(C)cc1)c1cc(C(C)(C)C)c(O)c(C(C)(C)C)c1. The standard InChI is InChI=1S/C32H38O3/c1-20-10-14-22(15-11-20)27(23-16-12-21(2)13-17-23)28(30(34)35-9)24-18-25(31(3,4)5)29(33)26(19-24)32(6,7)8/h10-19,33H,1-9H3. The van der Waals surface area contributed by atoms with Crippen LogP contribution in [-0.2, 0) is 20.4 Å². The first-order chi connectivity index (χ1) is 16.2. The van der Waals surface area contributed by atoms with Gasteiger partial charge in [0.15, 0.2) is 0 Å². The molecule has 0 unspecified atom stereocenters. The van der Waals surface area contributed by atoms with Crippen molar-refractivity contribution in [2.45, 2.75) is 66.2 Å². The lowest BCUT2D eigenvalue weighted by atomic mass is 9.77. The first-order valence-electron chi connectivity index (χ1n) is 12.1. The molecule has 0 aromatic heterocycles. The number of aromatic hydroxyl groups is 1. The maximum atomic E-state index is 13.5. The molecular formula is C32H38O3. The predicted octanol–water partition coefficient (Wildman–Crippen LogP) is 7.74. The Bertz CT molecular complexity index is 1160. The number of methoxy groups -OCH3 is 1. The quantitative estimate of drug-likeness (QED) is 0.241. The topological polar surface area (TPSA) is 46.5 Å². The van der Waals surface area contributed by atoms with E-state index in [2.05, 4.69) is 65.8 Å². The van der Waals surface area contributed by atoms with Gasteiger partial charge in [-0.25, -0.2) is 4.79 Å². The van der Waals surface area contributed by atoms with Crippen LogP contribution in [0.5, 0.6) is 5.75 Å². The highest BCUT2D eigenvalue weighted by molar-refractivity contribution is 6.27. The predicted molar refractivity (Wildman–Crippen MR) is 146 cm³/mol. The number of phenolic OH excluding ortho intramolecular Hbond substituents is 1. The lowest BCUT2D eigenvalue weighted by Gasteiger charge is -2.29. The van der Waals surface area contributed by atoms with E-state index < -0.39 is 5.97 Å². The smallest absolute Gasteiger partial charge is 0.339 e. The number of aryl methyl sites for hydroxylation is 2. The molecule has 0 fully saturated rings. The zero-order chi connectivity index (χ0) is 26.1. The Morgan fingerprint density at radius 2 is 1.06 bits per heavy atom. The molecule has 1 N–H and O–H groups in total. The van der Waals surface area contributed by atoms with E-state index in [-0.39, 0.29) is 16.6 Å². The van der Waals surface area contributed by atoms with Gasteiger partial charge in [-0.1, -0.05) is 101 Å². The van der Waals surface area contributed by atoms with Gasteiger partial charge in [0.25, 0.3) is 0 Å². The van der Waals surface area contributed by atoms with E-state index in [1.54, 1.807) is 0 Å². The second kappa shape index (κ2) is 9.73. The molecule has 0 amide bonds. The summed E-state index contributed by atoms with van der Waals surface area (Å²) in [5, 5.41) is 11.3. The lowest BCUT2D eigenvalue weighted by molar-refractivity contribution is -0.133. The maximum absolute atomic E-state index is 13.5. The molecule has 184 valence electrons. The first-order valence-corrected chi connectivity index (χ1v) is 12.1. The van der Waals surface area contributed by atoms with Gasteiger partial charge in [0, 0.05) is 16.7 Å². The Hall–Kier alpha value is -3.33. The number of esters is 1. The third-order valence-electron chi connectivity index (χ3n) is 6.33. The summed E-state index contributed by atoms with van der Waals surface area (Å²) in [4.78, 5) is 13.5. The van der Waals surface area contributed by atoms with Crippen molar-refractivity contribution >= 4 is 17.1 Å². The Labute approximate surface area is 210 Å². The summed E-state index contributed by atoms with van der Waals surface area (Å²) in [6.45, 7) is 16.5. The third-order valence-corrected chi connectivity index (χ3v) is 6.33. The van der Waals surface area contributed by atoms with Crippen LogP contribution in [0.2, 0.25) is 0 Å². The van der Waals surface area contributed by atoms with Gasteiger partial charge < -0.3 is 9.84 Å². The van der Waals surface area contributed by atoms with Crippen molar-refractivity contribution in [3.8, 4) is 5.75 Å². The molecule has 0 aliphatic heterocycles. The highest BCUT2D eigenvalue weighted by atomic mass is 16.5. The minimum absolute atomic E-state index is 0.283. The summed E-state index contributed by atoms with van der Waals surface area (Å²) in [5.41, 5.74) is 7.13. The summed E-state index contributed by atoms with van der Waals surface area (Å²) < 4.78 is 5.36. The molecule has 0 saturated heterocycles. The third kappa shape index (κ3) is 5.67. The van der Waals surface area contributed by atoms with Crippen LogP contribution in [0.1, 0.15) is 80.5 Å². The van der Waals surface area contributed by atoms with Crippen LogP contribution in [0.4, 0.5) is 0 Å². The van der Waals surface area contributed by atoms with Crippen molar-refractivity contribution in [3.05, 3.63) is 99.6 Å². The van der Waals surface area contributed by atoms with Crippen LogP contribution in [0.25, 0.3) is 11.1 Å². The molecular weight excluding hydrogens is 432 g/mol. The minimum Gasteiger partial charge on any atom is -0.507 e. The van der Waals surface area contributed by atoms with Crippen LogP contribution >= 0.6 is 0 Å². The average Bonchev–Trinajstić information content (AvgIpc) is 2.77. The van der Waals surface area contributed by atoms with Crippen molar-refractivity contribution in [2.24, 2.45) is 0 Å². The molecule has 3 rings (SSSR count). The monoisotopic (exact) mass is 470 g/mol. The number of ether oxygens (including phenoxy) is 1. The average molecular weight is 471 g/mol. The number of benzene rings is 3. The molecule has 0 aliphatic rings. The Kier molecular flexibility index (Phi) is 7.31. The van der Waals surface area contributed by atoms with E-state index >= 15 is 0 Å². The maximum Gasteiger partial charge on any atom is 0.339 e. The highest BCUT2D eigenvalue weighted by Gasteiger charge is 2.30. The molecule has 0 spiro atoms. The van der Waals surface area contributed by atoms with Gasteiger partial charge in [0.05, 0.1) is 12.7 Å². The van der Waals surface area contributed by atoms with Gasteiger partial charge >= 0.3 is 5.97 Å². The second-order valence-electron chi connectivity index (χ2n) is 11.4. The molecule has 3 aromatic rings. The summed E-state index contributed by atoms with van der Waals surface area (Å²) >= 11 is 0. The van der Waals surface area contributed by atoms with Crippen molar-refractivity contribution in [2.75, 3.05) is 7.11 Å². The van der Waals surface area contributed by atoms with Crippen molar-refractivity contribution in [3.63, 3.8) is 0 Å². The van der Waals surface area contributed by atoms with Gasteiger partial charge in [-0.15, -0.1) is 0 Å². The fourth-order valence-corrected chi connectivity index (χ4v) is 4.28. The van der Waals surface area contributed by atoms with E-state index in [0.717, 1.165) is 44.5 Å². The first kappa shape index (κ1) is 26.3. The van der Waals surface area contributed by atoms with Gasteiger partial charge in [-0.05, 0) is 53.5 Å². The van der Waals surface area contributed by atoms with E-state index in [1.165, 1.54) is 7.11 Å². The fourth-order valence-electron chi connectivity index (χ4n) is 4.28. The molecule has 3 aromatic carbocycles. The van der Waals surface area contributed by atoms with E-state index in [9.17, 15) is 9.90 Å². The number of hydrogen-bond acceptors (Lipinski definition) is 3. The number of carbonyl (C=O) groups is 1. The van der Waals surface area contributed by atoms with Crippen LogP contribution in [0, 0.1) is 13.8 Å². The van der Waals surface area contributed by atoms with E-state index in [1.807, 2.05) is 50.2 Å². The Morgan fingerprint density at radius 3 is 1.37 bits per heavy atom. The van der Waals surface area contributed by atoms with E-state index in [4.69, 9.17) is 4.74 Å². The number of hydrogen-bond donors (Lipinski definition) is 1. The molecule has 35 heavy (non-hydrogen) atoms. The van der Waals surface area contributed by atoms with Crippen LogP contribution < -0.4 is 0 Å². The van der Waals surface area contributed by atoms with Crippen LogP contribution in [0.15, 0.2) is 60.7 Å². The molecule has 0 radical (unpaired) electrons. The summed E-state index contributed by atoms with van der Waals surface area (Å²) in [5.74, 6) is -0.128. The molecule has 0 aliphatic carbocycles. The number of rotatable bonds is 4. The molecule has 0 heterocycles. The largest absolute Gasteiger partial charge is 0.507 e. The van der Waals surface area contributed by atoms with Gasteiger partial charge in [0.1, 0.15) is 5.75 Å². The normalized spacial score (nSPS) is 11.8. The number of carbonyl (C=O) groups excluding carboxylic acids is 1. The Morgan fingerprint density at radius 1 is 0.686 bits per heavy atom. The van der Waals surface area contributed by atoms with Gasteiger partial charge in [-0.3, -0.25) is 0 Å². The second-order valence-corrected chi connectivity index (χ2v) is 11.4. The minimum atomic E-state index is -0.411. The Balaban J connectivity index is 2.52. The lowest BCUT2D eigenvalue weighted by Crippen LogP contribution is -2.19. The summed E-state index contributed by atoms with van der Waals surface area (Å²) in [6.07, 6.45) is 0. The highest BCUT2D eigenvalue weighted by Crippen LogP contribution is 2.43. The zero-order valence-electron chi connectivity index (χ0n) is 22.5. The molecule has 0 bridgehead atoms. The summed E-state index contributed by atoms with van der Waals surface area (Å²) in [7, 11) is 1.42. The van der Waals surface area contributed by atoms with Gasteiger partial charge in [0.2, 0.25) is 0 Å². The van der Waals surface area contributed by atoms with Crippen molar-refractivity contribution in [1.82, 2.24) is 0 Å². The van der Waals surface area contributed by atoms with Crippen LogP contribution in [-0.4, -0.2) is 18.2 Å². The van der Waals surface area contributed by atoms with Gasteiger partial charge in [-0.2, -0.15) is 0 Å². The van der Waals surface area contributed by atoms with Crippen molar-refractivity contribution in [1.29, 1.82) is 0 Å². The van der Waals surface area contributed by atoms with Crippen LogP contribution in [0.3, 0.4) is 0 Å². The fraction of sp³-hybridized carbons (Fsp3) is 0.344. The summed E-state index contributed by atoms with van der Waals surface area (Å²) in [6, 6.07) is 20.3.